The first-order valence-electron chi connectivity index (χ1n) is 19.1. The molecule has 2 aliphatic carbocycles. The predicted molar refractivity (Wildman–Crippen MR) is 223 cm³/mol. The smallest absolute Gasteiger partial charge is 0.130 e. The van der Waals surface area contributed by atoms with Gasteiger partial charge in [0.25, 0.3) is 0 Å². The van der Waals surface area contributed by atoms with Gasteiger partial charge in [-0.3, -0.25) is 4.99 Å². The number of nitrogens with two attached hydrogens (primary N) is 1. The van der Waals surface area contributed by atoms with Crippen molar-refractivity contribution in [2.75, 3.05) is 6.67 Å². The van der Waals surface area contributed by atoms with Crippen LogP contribution >= 0.6 is 0 Å². The van der Waals surface area contributed by atoms with Crippen molar-refractivity contribution in [2.45, 2.75) is 52.0 Å². The van der Waals surface area contributed by atoms with E-state index in [4.69, 9.17) is 10.7 Å². The second-order valence-electron chi connectivity index (χ2n) is 15.0. The molecule has 7 aromatic rings. The molecule has 0 saturated heterocycles. The fourth-order valence-electron chi connectivity index (χ4n) is 9.38. The molecule has 0 saturated carbocycles. The number of hydrogen-bond acceptors (Lipinski definition) is 2. The third-order valence-corrected chi connectivity index (χ3v) is 11.9. The van der Waals surface area contributed by atoms with Crippen LogP contribution in [0.25, 0.3) is 44.2 Å². The molecule has 0 fully saturated rings. The summed E-state index contributed by atoms with van der Waals surface area (Å²) in [5.74, 6) is 1.22. The van der Waals surface area contributed by atoms with Crippen LogP contribution in [0.2, 0.25) is 0 Å². The minimum Gasteiger partial charge on any atom is -0.357 e. The molecule has 0 aliphatic heterocycles. The van der Waals surface area contributed by atoms with Gasteiger partial charge in [-0.15, -0.1) is 0 Å². The summed E-state index contributed by atoms with van der Waals surface area (Å²) in [6.07, 6.45) is 4.23. The SMILES string of the molecule is Cc1ccccc1C1=C(C(C)(N/C(=N\CN)c2ccc3c(c2)-c2ccccc2C3)c2cccc3c2c2ccccc2n3-c2ccccc2)CCCC1C. The zero-order valence-corrected chi connectivity index (χ0v) is 30.9. The van der Waals surface area contributed by atoms with Gasteiger partial charge in [-0.1, -0.05) is 116 Å². The van der Waals surface area contributed by atoms with E-state index in [0.717, 1.165) is 42.8 Å². The van der Waals surface area contributed by atoms with Crippen molar-refractivity contribution in [2.24, 2.45) is 16.6 Å². The number of para-hydroxylation sites is 2. The van der Waals surface area contributed by atoms with Crippen LogP contribution in [-0.2, 0) is 12.0 Å². The van der Waals surface area contributed by atoms with Gasteiger partial charge in [-0.05, 0) is 126 Å². The van der Waals surface area contributed by atoms with Crippen LogP contribution in [0.4, 0.5) is 0 Å². The number of allylic oxidation sites excluding steroid dienone is 1. The fourth-order valence-corrected chi connectivity index (χ4v) is 9.38. The fraction of sp³-hybridized carbons (Fsp3) is 0.204. The Hall–Kier alpha value is -5.71. The van der Waals surface area contributed by atoms with Gasteiger partial charge in [0.15, 0.2) is 0 Å². The summed E-state index contributed by atoms with van der Waals surface area (Å²) in [5.41, 5.74) is 22.4. The Balaban J connectivity index is 1.33. The van der Waals surface area contributed by atoms with E-state index in [9.17, 15) is 0 Å². The van der Waals surface area contributed by atoms with E-state index in [1.807, 2.05) is 0 Å². The molecule has 2 unspecified atom stereocenters. The topological polar surface area (TPSA) is 55.3 Å². The van der Waals surface area contributed by atoms with E-state index < -0.39 is 5.54 Å². The number of aliphatic imine (C=N–C) groups is 1. The molecule has 53 heavy (non-hydrogen) atoms. The van der Waals surface area contributed by atoms with E-state index in [1.165, 1.54) is 71.9 Å². The molecular weight excluding hydrogens is 645 g/mol. The van der Waals surface area contributed by atoms with Gasteiger partial charge in [-0.25, -0.2) is 0 Å². The first-order valence-corrected chi connectivity index (χ1v) is 19.1. The van der Waals surface area contributed by atoms with Crippen molar-refractivity contribution in [3.63, 3.8) is 0 Å². The Bertz CT molecular complexity index is 2570. The van der Waals surface area contributed by atoms with E-state index in [0.29, 0.717) is 5.92 Å². The largest absolute Gasteiger partial charge is 0.357 e. The van der Waals surface area contributed by atoms with E-state index in [2.05, 4.69) is 170 Å². The maximum atomic E-state index is 6.34. The standard InChI is InChI=1S/C49H46N4/c1-32-15-7-9-20-38(32)46-33(2)16-13-23-42(46)49(3,52-48(51-31-50)36-28-27-35-29-34-17-8-10-21-39(34)41(35)30-36)43-24-14-26-45-47(43)40-22-11-12-25-44(40)53(45)37-18-5-4-6-19-37/h4-12,14-15,17-22,24-28,30,33H,13,16,23,29,31,50H2,1-3H3,(H,51,52). The van der Waals surface area contributed by atoms with Crippen molar-refractivity contribution >= 4 is 33.2 Å². The molecular formula is C49H46N4. The van der Waals surface area contributed by atoms with Crippen LogP contribution in [0.3, 0.4) is 0 Å². The highest BCUT2D eigenvalue weighted by atomic mass is 15.1. The van der Waals surface area contributed by atoms with Crippen LogP contribution in [0.1, 0.15) is 66.5 Å². The average molecular weight is 691 g/mol. The second-order valence-corrected chi connectivity index (χ2v) is 15.0. The normalized spacial score (nSPS) is 16.8. The monoisotopic (exact) mass is 690 g/mol. The lowest BCUT2D eigenvalue weighted by Crippen LogP contribution is -2.47. The summed E-state index contributed by atoms with van der Waals surface area (Å²) in [4.78, 5) is 5.07. The molecule has 262 valence electrons. The van der Waals surface area contributed by atoms with Crippen LogP contribution in [-0.4, -0.2) is 17.1 Å². The molecule has 0 bridgehead atoms. The highest BCUT2D eigenvalue weighted by Crippen LogP contribution is 2.49. The minimum absolute atomic E-state index is 0.184. The molecule has 9 rings (SSSR count). The lowest BCUT2D eigenvalue weighted by Gasteiger charge is -2.41. The summed E-state index contributed by atoms with van der Waals surface area (Å²) in [6, 6.07) is 51.0. The van der Waals surface area contributed by atoms with Gasteiger partial charge in [-0.2, -0.15) is 0 Å². The van der Waals surface area contributed by atoms with Crippen LogP contribution < -0.4 is 11.1 Å². The third-order valence-electron chi connectivity index (χ3n) is 11.9. The summed E-state index contributed by atoms with van der Waals surface area (Å²) < 4.78 is 2.42. The Morgan fingerprint density at radius 3 is 2.32 bits per heavy atom. The Morgan fingerprint density at radius 2 is 1.49 bits per heavy atom. The Morgan fingerprint density at radius 1 is 0.774 bits per heavy atom. The summed E-state index contributed by atoms with van der Waals surface area (Å²) in [6.45, 7) is 7.25. The summed E-state index contributed by atoms with van der Waals surface area (Å²) in [5, 5.41) is 6.69. The molecule has 4 nitrogen and oxygen atoms in total. The third kappa shape index (κ3) is 5.52. The summed E-state index contributed by atoms with van der Waals surface area (Å²) in [7, 11) is 0. The molecule has 6 aromatic carbocycles. The number of aromatic nitrogens is 1. The maximum Gasteiger partial charge on any atom is 0.130 e. The quantitative estimate of drug-likeness (QED) is 0.129. The van der Waals surface area contributed by atoms with Gasteiger partial charge < -0.3 is 15.6 Å². The highest BCUT2D eigenvalue weighted by molar-refractivity contribution is 6.12. The van der Waals surface area contributed by atoms with E-state index >= 15 is 0 Å². The second kappa shape index (κ2) is 13.4. The zero-order valence-electron chi connectivity index (χ0n) is 30.9. The molecule has 4 heteroatoms. The van der Waals surface area contributed by atoms with Gasteiger partial charge >= 0.3 is 0 Å². The van der Waals surface area contributed by atoms with Crippen molar-refractivity contribution < 1.29 is 0 Å². The van der Waals surface area contributed by atoms with E-state index in [1.54, 1.807) is 0 Å². The number of benzene rings is 6. The zero-order chi connectivity index (χ0) is 36.1. The number of hydrogen-bond donors (Lipinski definition) is 2. The molecule has 0 amide bonds. The van der Waals surface area contributed by atoms with Crippen molar-refractivity contribution in [1.29, 1.82) is 0 Å². The van der Waals surface area contributed by atoms with Crippen LogP contribution in [0.15, 0.2) is 150 Å². The minimum atomic E-state index is -0.637. The van der Waals surface area contributed by atoms with Gasteiger partial charge in [0, 0.05) is 22.0 Å². The number of rotatable bonds is 7. The average Bonchev–Trinajstić information content (AvgIpc) is 3.74. The molecule has 1 aromatic heterocycles. The lowest BCUT2D eigenvalue weighted by atomic mass is 9.69. The Kier molecular flexibility index (Phi) is 8.36. The first kappa shape index (κ1) is 33.1. The molecule has 3 N–H and O–H groups in total. The molecule has 2 atom stereocenters. The first-order chi connectivity index (χ1) is 26.0. The van der Waals surface area contributed by atoms with Gasteiger partial charge in [0.2, 0.25) is 0 Å². The van der Waals surface area contributed by atoms with Crippen molar-refractivity contribution in [1.82, 2.24) is 9.88 Å². The summed E-state index contributed by atoms with van der Waals surface area (Å²) >= 11 is 0. The van der Waals surface area contributed by atoms with Crippen LogP contribution in [0.5, 0.6) is 0 Å². The van der Waals surface area contributed by atoms with Gasteiger partial charge in [0.1, 0.15) is 5.84 Å². The number of aryl methyl sites for hydroxylation is 1. The van der Waals surface area contributed by atoms with Gasteiger partial charge in [0.05, 0.1) is 23.2 Å². The molecule has 1 heterocycles. The van der Waals surface area contributed by atoms with E-state index in [-0.39, 0.29) is 6.67 Å². The maximum absolute atomic E-state index is 6.34. The highest BCUT2D eigenvalue weighted by Gasteiger charge is 2.40. The number of nitrogens with one attached hydrogen (secondary N) is 1. The van der Waals surface area contributed by atoms with Crippen molar-refractivity contribution in [3.8, 4) is 16.8 Å². The predicted octanol–water partition coefficient (Wildman–Crippen LogP) is 11.1. The number of fused-ring (bicyclic) bond motifs is 6. The lowest BCUT2D eigenvalue weighted by molar-refractivity contribution is 0.461. The van der Waals surface area contributed by atoms with Crippen molar-refractivity contribution in [3.05, 3.63) is 178 Å². The number of amidine groups is 1. The molecule has 0 radical (unpaired) electrons. The molecule has 2 aliphatic rings. The number of nitrogens with zero attached hydrogens (tertiary/aromatic N) is 2. The van der Waals surface area contributed by atoms with Crippen LogP contribution in [0, 0.1) is 12.8 Å². The molecule has 0 spiro atoms. The Labute approximate surface area is 312 Å².